The lowest BCUT2D eigenvalue weighted by molar-refractivity contribution is -0.244. The van der Waals surface area contributed by atoms with Gasteiger partial charge in [-0.2, -0.15) is 0 Å². The lowest BCUT2D eigenvalue weighted by Gasteiger charge is -2.41. The monoisotopic (exact) mass is 382 g/mol. The molecule has 1 saturated heterocycles. The maximum absolute atomic E-state index is 13.0. The quantitative estimate of drug-likeness (QED) is 0.449. The van der Waals surface area contributed by atoms with E-state index in [-0.39, 0.29) is 6.42 Å². The van der Waals surface area contributed by atoms with Gasteiger partial charge in [-0.15, -0.1) is 6.58 Å². The van der Waals surface area contributed by atoms with Crippen LogP contribution < -0.4 is 0 Å². The van der Waals surface area contributed by atoms with Crippen molar-refractivity contribution in [1.82, 2.24) is 0 Å². The van der Waals surface area contributed by atoms with Crippen molar-refractivity contribution in [1.29, 1.82) is 0 Å². The molecule has 2 aromatic rings. The summed E-state index contributed by atoms with van der Waals surface area (Å²) in [6.45, 7) is 6.63. The minimum absolute atomic E-state index is 0.00664. The highest BCUT2D eigenvalue weighted by molar-refractivity contribution is 6.05. The Kier molecular flexibility index (Phi) is 4.98. The Balaban J connectivity index is 2.25. The molecule has 1 unspecified atom stereocenters. The predicted molar refractivity (Wildman–Crippen MR) is 102 cm³/mol. The smallest absolute Gasteiger partial charge is 0.325 e. The Bertz CT molecular complexity index is 940. The molecule has 2 aromatic carbocycles. The molecule has 6 heteroatoms. The standard InChI is InChI=1S/C22H22O6/c1-5-12-22(20(25)26-4,17-18(23)27-21(2,3)28-19(17)24)16-11-10-14-8-6-7-9-15(14)13-16/h5-11,13,17H,1,12H2,2-4H3. The van der Waals surface area contributed by atoms with Crippen LogP contribution in [0.1, 0.15) is 25.8 Å². The summed E-state index contributed by atoms with van der Waals surface area (Å²) in [7, 11) is 1.21. The van der Waals surface area contributed by atoms with E-state index in [2.05, 4.69) is 6.58 Å². The normalized spacial score (nSPS) is 18.7. The second-order valence-corrected chi connectivity index (χ2v) is 7.19. The summed E-state index contributed by atoms with van der Waals surface area (Å²) in [5.74, 6) is -5.30. The van der Waals surface area contributed by atoms with E-state index in [1.54, 1.807) is 12.1 Å². The van der Waals surface area contributed by atoms with Crippen molar-refractivity contribution in [3.05, 3.63) is 60.7 Å². The number of carbonyl (C=O) groups excluding carboxylic acids is 3. The third-order valence-electron chi connectivity index (χ3n) is 4.94. The molecule has 1 fully saturated rings. The van der Waals surface area contributed by atoms with Gasteiger partial charge in [0.15, 0.2) is 5.92 Å². The molecule has 0 saturated carbocycles. The number of ether oxygens (including phenoxy) is 3. The highest BCUT2D eigenvalue weighted by atomic mass is 16.7. The van der Waals surface area contributed by atoms with Crippen molar-refractivity contribution in [2.24, 2.45) is 5.92 Å². The van der Waals surface area contributed by atoms with Gasteiger partial charge in [-0.25, -0.2) is 0 Å². The first kappa shape index (κ1) is 19.6. The zero-order chi connectivity index (χ0) is 20.5. The van der Waals surface area contributed by atoms with Gasteiger partial charge in [0.2, 0.25) is 0 Å². The van der Waals surface area contributed by atoms with Gasteiger partial charge in [0, 0.05) is 13.8 Å². The molecule has 3 rings (SSSR count). The second-order valence-electron chi connectivity index (χ2n) is 7.19. The number of rotatable bonds is 5. The number of benzene rings is 2. The summed E-state index contributed by atoms with van der Waals surface area (Å²) in [4.78, 5) is 38.7. The van der Waals surface area contributed by atoms with Gasteiger partial charge >= 0.3 is 17.9 Å². The topological polar surface area (TPSA) is 78.9 Å². The van der Waals surface area contributed by atoms with Crippen LogP contribution in [0.3, 0.4) is 0 Å². The van der Waals surface area contributed by atoms with Crippen molar-refractivity contribution in [2.75, 3.05) is 7.11 Å². The molecule has 0 bridgehead atoms. The Hall–Kier alpha value is -3.15. The summed E-state index contributed by atoms with van der Waals surface area (Å²) in [6, 6.07) is 12.9. The first-order chi connectivity index (χ1) is 13.2. The molecule has 0 aliphatic carbocycles. The number of methoxy groups -OCH3 is 1. The van der Waals surface area contributed by atoms with Crippen LogP contribution in [-0.4, -0.2) is 30.8 Å². The minimum atomic E-state index is -1.65. The molecular weight excluding hydrogens is 360 g/mol. The van der Waals surface area contributed by atoms with E-state index in [1.165, 1.54) is 27.0 Å². The SMILES string of the molecule is C=CCC(C(=O)OC)(c1ccc2ccccc2c1)C1C(=O)OC(C)(C)OC1=O. The Labute approximate surface area is 163 Å². The molecule has 6 nitrogen and oxygen atoms in total. The highest BCUT2D eigenvalue weighted by Crippen LogP contribution is 2.43. The van der Waals surface area contributed by atoms with Gasteiger partial charge in [0.1, 0.15) is 5.41 Å². The summed E-state index contributed by atoms with van der Waals surface area (Å²) in [5.41, 5.74) is -1.19. The van der Waals surface area contributed by atoms with Crippen LogP contribution in [0.4, 0.5) is 0 Å². The van der Waals surface area contributed by atoms with Crippen LogP contribution in [0.15, 0.2) is 55.1 Å². The van der Waals surface area contributed by atoms with Gasteiger partial charge in [-0.05, 0) is 28.8 Å². The van der Waals surface area contributed by atoms with Gasteiger partial charge < -0.3 is 14.2 Å². The predicted octanol–water partition coefficient (Wildman–Crippen LogP) is 3.28. The molecule has 146 valence electrons. The maximum atomic E-state index is 13.0. The second kappa shape index (κ2) is 7.11. The summed E-state index contributed by atoms with van der Waals surface area (Å²) in [6.07, 6.45) is 1.47. The van der Waals surface area contributed by atoms with E-state index >= 15 is 0 Å². The van der Waals surface area contributed by atoms with Gasteiger partial charge in [-0.3, -0.25) is 14.4 Å². The number of allylic oxidation sites excluding steroid dienone is 1. The van der Waals surface area contributed by atoms with Crippen LogP contribution in [0.25, 0.3) is 10.8 Å². The molecule has 1 heterocycles. The van der Waals surface area contributed by atoms with Gasteiger partial charge in [0.05, 0.1) is 7.11 Å². The average molecular weight is 382 g/mol. The lowest BCUT2D eigenvalue weighted by atomic mass is 9.67. The Morgan fingerprint density at radius 2 is 1.75 bits per heavy atom. The fourth-order valence-electron chi connectivity index (χ4n) is 3.72. The van der Waals surface area contributed by atoms with Crippen molar-refractivity contribution < 1.29 is 28.6 Å². The van der Waals surface area contributed by atoms with Crippen LogP contribution in [-0.2, 0) is 34.0 Å². The fraction of sp³-hybridized carbons (Fsp3) is 0.318. The molecule has 28 heavy (non-hydrogen) atoms. The van der Waals surface area contributed by atoms with E-state index in [0.29, 0.717) is 5.56 Å². The minimum Gasteiger partial charge on any atom is -0.468 e. The van der Waals surface area contributed by atoms with Gasteiger partial charge in [-0.1, -0.05) is 42.5 Å². The van der Waals surface area contributed by atoms with Crippen LogP contribution in [0.5, 0.6) is 0 Å². The molecule has 0 radical (unpaired) electrons. The number of fused-ring (bicyclic) bond motifs is 1. The first-order valence-corrected chi connectivity index (χ1v) is 8.89. The van der Waals surface area contributed by atoms with E-state index in [4.69, 9.17) is 14.2 Å². The third-order valence-corrected chi connectivity index (χ3v) is 4.94. The number of hydrogen-bond acceptors (Lipinski definition) is 6. The molecule has 0 spiro atoms. The van der Waals surface area contributed by atoms with Crippen LogP contribution in [0.2, 0.25) is 0 Å². The Morgan fingerprint density at radius 1 is 1.14 bits per heavy atom. The lowest BCUT2D eigenvalue weighted by Crippen LogP contribution is -2.57. The van der Waals surface area contributed by atoms with E-state index in [0.717, 1.165) is 10.8 Å². The molecule has 1 aliphatic rings. The van der Waals surface area contributed by atoms with Crippen molar-refractivity contribution in [3.8, 4) is 0 Å². The largest absolute Gasteiger partial charge is 0.468 e. The third kappa shape index (κ3) is 3.15. The zero-order valence-electron chi connectivity index (χ0n) is 16.1. The van der Waals surface area contributed by atoms with Crippen LogP contribution >= 0.6 is 0 Å². The number of carbonyl (C=O) groups is 3. The highest BCUT2D eigenvalue weighted by Gasteiger charge is 2.59. The van der Waals surface area contributed by atoms with E-state index in [1.807, 2.05) is 30.3 Å². The van der Waals surface area contributed by atoms with Gasteiger partial charge in [0.25, 0.3) is 5.79 Å². The van der Waals surface area contributed by atoms with Crippen LogP contribution in [0, 0.1) is 5.92 Å². The first-order valence-electron chi connectivity index (χ1n) is 8.89. The fourth-order valence-corrected chi connectivity index (χ4v) is 3.72. The Morgan fingerprint density at radius 3 is 2.32 bits per heavy atom. The molecule has 1 aliphatic heterocycles. The van der Waals surface area contributed by atoms with Crippen molar-refractivity contribution in [3.63, 3.8) is 0 Å². The number of cyclic esters (lactones) is 2. The summed E-state index contributed by atoms with van der Waals surface area (Å²) < 4.78 is 15.6. The van der Waals surface area contributed by atoms with E-state index < -0.39 is 35.0 Å². The molecule has 0 amide bonds. The summed E-state index contributed by atoms with van der Waals surface area (Å²) in [5, 5.41) is 1.81. The number of hydrogen-bond donors (Lipinski definition) is 0. The molecule has 0 aromatic heterocycles. The molecule has 0 N–H and O–H groups in total. The summed E-state index contributed by atoms with van der Waals surface area (Å²) >= 11 is 0. The average Bonchev–Trinajstić information content (AvgIpc) is 2.64. The van der Waals surface area contributed by atoms with E-state index in [9.17, 15) is 14.4 Å². The zero-order valence-corrected chi connectivity index (χ0v) is 16.1. The van der Waals surface area contributed by atoms with Crippen molar-refractivity contribution >= 4 is 28.7 Å². The molecule has 1 atom stereocenters. The number of esters is 3. The van der Waals surface area contributed by atoms with Crippen molar-refractivity contribution in [2.45, 2.75) is 31.5 Å². The maximum Gasteiger partial charge on any atom is 0.325 e. The molecular formula is C22H22O6.